The van der Waals surface area contributed by atoms with Crippen LogP contribution in [0.2, 0.25) is 5.02 Å². The van der Waals surface area contributed by atoms with E-state index in [1.54, 1.807) is 36.4 Å². The Kier molecular flexibility index (Phi) is 7.46. The molecule has 0 aliphatic heterocycles. The van der Waals surface area contributed by atoms with Crippen molar-refractivity contribution in [2.24, 2.45) is 0 Å². The van der Waals surface area contributed by atoms with Gasteiger partial charge in [-0.25, -0.2) is 13.2 Å². The molecule has 8 heteroatoms. The molecule has 3 N–H and O–H groups in total. The van der Waals surface area contributed by atoms with Crippen LogP contribution < -0.4 is 5.32 Å². The SMILES string of the molecule is O=C(O)c1cccc(S(=O)(=O)c2cccc(CCNC[C@H](O)c3cccc(Cl)c3)c2)c1. The Morgan fingerprint density at radius 1 is 0.968 bits per heavy atom. The van der Waals surface area contributed by atoms with E-state index in [2.05, 4.69) is 5.32 Å². The van der Waals surface area contributed by atoms with Gasteiger partial charge in [-0.05, 0) is 66.6 Å². The summed E-state index contributed by atoms with van der Waals surface area (Å²) in [5.74, 6) is -1.18. The quantitative estimate of drug-likeness (QED) is 0.421. The number of halogens is 1. The molecular weight excluding hydrogens is 438 g/mol. The minimum atomic E-state index is -3.84. The molecule has 3 aromatic carbocycles. The molecule has 0 heterocycles. The molecule has 0 unspecified atom stereocenters. The van der Waals surface area contributed by atoms with Gasteiger partial charge in [0.05, 0.1) is 21.5 Å². The molecule has 0 aromatic heterocycles. The summed E-state index contributed by atoms with van der Waals surface area (Å²) in [6.07, 6.45) is -0.146. The van der Waals surface area contributed by atoms with Gasteiger partial charge in [-0.1, -0.05) is 41.9 Å². The van der Waals surface area contributed by atoms with Crippen LogP contribution in [-0.2, 0) is 16.3 Å². The van der Waals surface area contributed by atoms with E-state index in [4.69, 9.17) is 16.7 Å². The number of carboxylic acid groups (broad SMARTS) is 1. The average molecular weight is 460 g/mol. The van der Waals surface area contributed by atoms with Gasteiger partial charge < -0.3 is 15.5 Å². The van der Waals surface area contributed by atoms with Crippen LogP contribution in [-0.4, -0.2) is 37.7 Å². The van der Waals surface area contributed by atoms with E-state index in [0.29, 0.717) is 24.5 Å². The molecule has 3 rings (SSSR count). The molecule has 0 fully saturated rings. The van der Waals surface area contributed by atoms with Crippen LogP contribution in [0, 0.1) is 0 Å². The van der Waals surface area contributed by atoms with E-state index >= 15 is 0 Å². The van der Waals surface area contributed by atoms with Gasteiger partial charge in [-0.15, -0.1) is 0 Å². The van der Waals surface area contributed by atoms with Crippen molar-refractivity contribution < 1.29 is 23.4 Å². The topological polar surface area (TPSA) is 104 Å². The Labute approximate surface area is 186 Å². The summed E-state index contributed by atoms with van der Waals surface area (Å²) >= 11 is 5.94. The summed E-state index contributed by atoms with van der Waals surface area (Å²) in [6.45, 7) is 0.871. The van der Waals surface area contributed by atoms with Gasteiger partial charge in [-0.3, -0.25) is 0 Å². The fourth-order valence-corrected chi connectivity index (χ4v) is 4.68. The number of nitrogens with one attached hydrogen (secondary N) is 1. The molecule has 0 spiro atoms. The third kappa shape index (κ3) is 5.92. The minimum absolute atomic E-state index is 0.0627. The van der Waals surface area contributed by atoms with E-state index in [0.717, 1.165) is 17.2 Å². The number of aromatic carboxylic acids is 1. The second-order valence-electron chi connectivity index (χ2n) is 7.01. The Morgan fingerprint density at radius 2 is 1.65 bits per heavy atom. The lowest BCUT2D eigenvalue weighted by molar-refractivity contribution is 0.0696. The highest BCUT2D eigenvalue weighted by Gasteiger charge is 2.19. The fourth-order valence-electron chi connectivity index (χ4n) is 3.10. The summed E-state index contributed by atoms with van der Waals surface area (Å²) in [5.41, 5.74) is 1.44. The van der Waals surface area contributed by atoms with Crippen molar-refractivity contribution in [1.82, 2.24) is 5.32 Å². The molecule has 0 saturated carbocycles. The van der Waals surface area contributed by atoms with Crippen molar-refractivity contribution in [1.29, 1.82) is 0 Å². The summed E-state index contributed by atoms with van der Waals surface area (Å²) < 4.78 is 25.8. The zero-order chi connectivity index (χ0) is 22.4. The maximum absolute atomic E-state index is 12.9. The third-order valence-electron chi connectivity index (χ3n) is 4.76. The number of carbonyl (C=O) groups is 1. The molecule has 6 nitrogen and oxygen atoms in total. The van der Waals surface area contributed by atoms with Gasteiger partial charge in [0.25, 0.3) is 0 Å². The molecule has 0 saturated heterocycles. The molecule has 0 radical (unpaired) electrons. The number of benzene rings is 3. The minimum Gasteiger partial charge on any atom is -0.478 e. The van der Waals surface area contributed by atoms with Gasteiger partial charge in [0.2, 0.25) is 9.84 Å². The number of hydrogen-bond acceptors (Lipinski definition) is 5. The summed E-state index contributed by atoms with van der Waals surface area (Å²) in [6, 6.07) is 18.9. The maximum atomic E-state index is 12.9. The lowest BCUT2D eigenvalue weighted by Gasteiger charge is -2.13. The van der Waals surface area contributed by atoms with Crippen LogP contribution in [0.25, 0.3) is 0 Å². The molecule has 0 bridgehead atoms. The van der Waals surface area contributed by atoms with Crippen LogP contribution >= 0.6 is 11.6 Å². The molecular formula is C23H22ClNO5S. The second kappa shape index (κ2) is 10.1. The van der Waals surface area contributed by atoms with Crippen molar-refractivity contribution in [2.45, 2.75) is 22.3 Å². The van der Waals surface area contributed by atoms with E-state index in [9.17, 15) is 18.3 Å². The molecule has 1 atom stereocenters. The lowest BCUT2D eigenvalue weighted by Crippen LogP contribution is -2.23. The number of aliphatic hydroxyl groups is 1. The highest BCUT2D eigenvalue weighted by molar-refractivity contribution is 7.91. The van der Waals surface area contributed by atoms with Crippen LogP contribution in [0.15, 0.2) is 82.6 Å². The second-order valence-corrected chi connectivity index (χ2v) is 9.39. The van der Waals surface area contributed by atoms with Crippen molar-refractivity contribution in [3.8, 4) is 0 Å². The van der Waals surface area contributed by atoms with Gasteiger partial charge in [0.15, 0.2) is 0 Å². The van der Waals surface area contributed by atoms with Crippen LogP contribution in [0.3, 0.4) is 0 Å². The largest absolute Gasteiger partial charge is 0.478 e. The molecule has 162 valence electrons. The maximum Gasteiger partial charge on any atom is 0.335 e. The Balaban J connectivity index is 1.63. The monoisotopic (exact) mass is 459 g/mol. The predicted molar refractivity (Wildman–Crippen MR) is 118 cm³/mol. The first-order chi connectivity index (χ1) is 14.8. The van der Waals surface area contributed by atoms with Gasteiger partial charge in [0.1, 0.15) is 0 Å². The highest BCUT2D eigenvalue weighted by Crippen LogP contribution is 2.23. The van der Waals surface area contributed by atoms with E-state index in [1.165, 1.54) is 24.3 Å². The normalized spacial score (nSPS) is 12.5. The van der Waals surface area contributed by atoms with Crippen LogP contribution in [0.1, 0.15) is 27.6 Å². The first-order valence-electron chi connectivity index (χ1n) is 9.59. The van der Waals surface area contributed by atoms with E-state index < -0.39 is 21.9 Å². The summed E-state index contributed by atoms with van der Waals surface area (Å²) in [4.78, 5) is 11.2. The average Bonchev–Trinajstić information content (AvgIpc) is 2.77. The predicted octanol–water partition coefficient (Wildman–Crippen LogP) is 3.74. The van der Waals surface area contributed by atoms with Crippen molar-refractivity contribution in [2.75, 3.05) is 13.1 Å². The van der Waals surface area contributed by atoms with E-state index in [1.807, 2.05) is 6.07 Å². The molecule has 0 aliphatic rings. The van der Waals surface area contributed by atoms with Gasteiger partial charge >= 0.3 is 5.97 Å². The van der Waals surface area contributed by atoms with Crippen molar-refractivity contribution >= 4 is 27.4 Å². The van der Waals surface area contributed by atoms with Crippen molar-refractivity contribution in [3.63, 3.8) is 0 Å². The third-order valence-corrected chi connectivity index (χ3v) is 6.75. The van der Waals surface area contributed by atoms with E-state index in [-0.39, 0.29) is 15.4 Å². The smallest absolute Gasteiger partial charge is 0.335 e. The summed E-state index contributed by atoms with van der Waals surface area (Å²) in [5, 5.41) is 23.1. The number of hydrogen-bond donors (Lipinski definition) is 3. The number of rotatable bonds is 9. The van der Waals surface area contributed by atoms with Gasteiger partial charge in [0, 0.05) is 11.6 Å². The standard InChI is InChI=1S/C23H22ClNO5S/c24-19-7-2-5-17(13-19)22(26)15-25-11-10-16-4-1-8-20(12-16)31(29,30)21-9-3-6-18(14-21)23(27)28/h1-9,12-14,22,25-26H,10-11,15H2,(H,27,28)/t22-/m0/s1. The first kappa shape index (κ1) is 23.0. The number of carboxylic acids is 1. The molecule has 0 amide bonds. The summed E-state index contributed by atoms with van der Waals surface area (Å²) in [7, 11) is -3.84. The fraction of sp³-hybridized carbons (Fsp3) is 0.174. The van der Waals surface area contributed by atoms with Crippen LogP contribution in [0.5, 0.6) is 0 Å². The Hall–Kier alpha value is -2.71. The van der Waals surface area contributed by atoms with Gasteiger partial charge in [-0.2, -0.15) is 0 Å². The number of aliphatic hydroxyl groups excluding tert-OH is 1. The van der Waals surface area contributed by atoms with Crippen molar-refractivity contribution in [3.05, 3.63) is 94.5 Å². The molecule has 0 aliphatic carbocycles. The molecule has 3 aromatic rings. The zero-order valence-electron chi connectivity index (χ0n) is 16.5. The van der Waals surface area contributed by atoms with Crippen LogP contribution in [0.4, 0.5) is 0 Å². The lowest BCUT2D eigenvalue weighted by atomic mass is 10.1. The highest BCUT2D eigenvalue weighted by atomic mass is 35.5. The number of sulfone groups is 1. The zero-order valence-corrected chi connectivity index (χ0v) is 18.1. The Bertz CT molecular complexity index is 1180. The molecule has 31 heavy (non-hydrogen) atoms. The first-order valence-corrected chi connectivity index (χ1v) is 11.4. The Morgan fingerprint density at radius 3 is 2.35 bits per heavy atom.